The number of nitrogens with one attached hydrogen (secondary N) is 2. The predicted molar refractivity (Wildman–Crippen MR) is 120 cm³/mol. The van der Waals surface area contributed by atoms with E-state index in [1.165, 1.54) is 12.8 Å². The van der Waals surface area contributed by atoms with Gasteiger partial charge < -0.3 is 25.0 Å². The van der Waals surface area contributed by atoms with Gasteiger partial charge >= 0.3 is 0 Å². The summed E-state index contributed by atoms with van der Waals surface area (Å²) in [5, 5.41) is 6.52. The van der Waals surface area contributed by atoms with E-state index >= 15 is 0 Å². The number of carbonyl (C=O) groups excluding carboxylic acids is 2. The van der Waals surface area contributed by atoms with Crippen LogP contribution in [0.5, 0.6) is 5.75 Å². The molecule has 7 heteroatoms. The molecule has 172 valence electrons. The van der Waals surface area contributed by atoms with E-state index in [9.17, 15) is 9.59 Å². The number of hydrogen-bond donors (Lipinski definition) is 2. The average molecular weight is 440 g/mol. The predicted octanol–water partition coefficient (Wildman–Crippen LogP) is 2.75. The van der Waals surface area contributed by atoms with Gasteiger partial charge in [0.25, 0.3) is 5.91 Å². The Kier molecular flexibility index (Phi) is 5.72. The fraction of sp³-hybridized carbons (Fsp3) is 0.600. The van der Waals surface area contributed by atoms with Gasteiger partial charge in [-0.05, 0) is 55.9 Å². The molecule has 1 aromatic carbocycles. The average Bonchev–Trinajstić information content (AvgIpc) is 3.07. The van der Waals surface area contributed by atoms with Crippen LogP contribution < -0.4 is 15.4 Å². The van der Waals surface area contributed by atoms with Crippen molar-refractivity contribution in [1.82, 2.24) is 15.5 Å². The van der Waals surface area contributed by atoms with Gasteiger partial charge in [0.05, 0.1) is 13.2 Å². The van der Waals surface area contributed by atoms with Gasteiger partial charge in [0, 0.05) is 35.8 Å². The third-order valence-corrected chi connectivity index (χ3v) is 7.29. The highest BCUT2D eigenvalue weighted by atomic mass is 16.5. The van der Waals surface area contributed by atoms with Crippen molar-refractivity contribution in [2.75, 3.05) is 19.8 Å². The van der Waals surface area contributed by atoms with Gasteiger partial charge in [-0.2, -0.15) is 0 Å². The zero-order valence-electron chi connectivity index (χ0n) is 18.8. The van der Waals surface area contributed by atoms with Gasteiger partial charge in [0.15, 0.2) is 0 Å². The number of allylic oxidation sites excluding steroid dienone is 1. The molecule has 0 bridgehead atoms. The van der Waals surface area contributed by atoms with Crippen molar-refractivity contribution in [2.24, 2.45) is 5.41 Å². The highest BCUT2D eigenvalue weighted by molar-refractivity contribution is 6.01. The van der Waals surface area contributed by atoms with E-state index in [0.29, 0.717) is 31.0 Å². The monoisotopic (exact) mass is 439 g/mol. The van der Waals surface area contributed by atoms with E-state index in [2.05, 4.69) is 24.1 Å². The number of carbonyl (C=O) groups is 2. The Morgan fingerprint density at radius 2 is 2.06 bits per heavy atom. The number of amides is 2. The van der Waals surface area contributed by atoms with Crippen LogP contribution in [0, 0.1) is 5.41 Å². The molecule has 2 amide bonds. The number of hydrogen-bond acceptors (Lipinski definition) is 5. The first kappa shape index (κ1) is 21.5. The van der Waals surface area contributed by atoms with E-state index in [1.54, 1.807) is 4.90 Å². The molecule has 2 saturated heterocycles. The molecule has 7 nitrogen and oxygen atoms in total. The van der Waals surface area contributed by atoms with Crippen LogP contribution in [0.4, 0.5) is 0 Å². The molecule has 1 saturated carbocycles. The molecule has 3 atom stereocenters. The van der Waals surface area contributed by atoms with Crippen LogP contribution in [0.15, 0.2) is 30.5 Å². The van der Waals surface area contributed by atoms with Gasteiger partial charge in [-0.3, -0.25) is 9.59 Å². The highest BCUT2D eigenvalue weighted by Crippen LogP contribution is 2.33. The normalized spacial score (nSPS) is 29.3. The van der Waals surface area contributed by atoms with E-state index in [-0.39, 0.29) is 23.3 Å². The van der Waals surface area contributed by atoms with Crippen LogP contribution in [-0.4, -0.2) is 54.7 Å². The third-order valence-electron chi connectivity index (χ3n) is 7.29. The zero-order valence-corrected chi connectivity index (χ0v) is 18.8. The molecular formula is C25H33N3O4. The Morgan fingerprint density at radius 1 is 1.25 bits per heavy atom. The second-order valence-electron chi connectivity index (χ2n) is 10.1. The summed E-state index contributed by atoms with van der Waals surface area (Å²) in [6.07, 6.45) is 5.96. The van der Waals surface area contributed by atoms with Crippen molar-refractivity contribution >= 4 is 11.8 Å². The lowest BCUT2D eigenvalue weighted by molar-refractivity contribution is -0.126. The molecule has 3 fully saturated rings. The maximum Gasteiger partial charge on any atom is 0.255 e. The summed E-state index contributed by atoms with van der Waals surface area (Å²) in [5.41, 5.74) is 2.56. The summed E-state index contributed by atoms with van der Waals surface area (Å²) in [7, 11) is 0. The lowest BCUT2D eigenvalue weighted by atomic mass is 9.86. The minimum atomic E-state index is -0.437. The Hall–Kier alpha value is -2.38. The van der Waals surface area contributed by atoms with E-state index in [1.807, 2.05) is 18.2 Å². The van der Waals surface area contributed by atoms with Gasteiger partial charge in [0.2, 0.25) is 5.91 Å². The minimum Gasteiger partial charge on any atom is -0.489 e. The number of benzene rings is 1. The quantitative estimate of drug-likeness (QED) is 0.713. The number of ether oxygens (including phenoxy) is 2. The molecule has 1 aromatic rings. The molecule has 0 radical (unpaired) electrons. The zero-order chi connectivity index (χ0) is 22.3. The van der Waals surface area contributed by atoms with E-state index in [4.69, 9.17) is 9.47 Å². The van der Waals surface area contributed by atoms with Crippen LogP contribution in [0.2, 0.25) is 0 Å². The summed E-state index contributed by atoms with van der Waals surface area (Å²) in [6.45, 7) is 9.12. The molecule has 3 aliphatic heterocycles. The van der Waals surface area contributed by atoms with Crippen molar-refractivity contribution in [3.8, 4) is 5.75 Å². The molecule has 2 N–H and O–H groups in total. The SMILES string of the molecule is C=C1CCC(N2Cc3cc(O[C@H]4CCCC[C@H]4NCC4(C)COC4)ccc3C2=O)C(=O)N1. The minimum absolute atomic E-state index is 0.0765. The lowest BCUT2D eigenvalue weighted by Gasteiger charge is -2.41. The fourth-order valence-electron chi connectivity index (χ4n) is 5.28. The topological polar surface area (TPSA) is 79.9 Å². The molecule has 3 heterocycles. The highest BCUT2D eigenvalue weighted by Gasteiger charge is 2.39. The van der Waals surface area contributed by atoms with Crippen LogP contribution >= 0.6 is 0 Å². The van der Waals surface area contributed by atoms with E-state index in [0.717, 1.165) is 49.6 Å². The summed E-state index contributed by atoms with van der Waals surface area (Å²) in [6, 6.07) is 5.63. The molecule has 0 aromatic heterocycles. The number of nitrogens with zero attached hydrogens (tertiary/aromatic N) is 1. The van der Waals surface area contributed by atoms with E-state index < -0.39 is 6.04 Å². The summed E-state index contributed by atoms with van der Waals surface area (Å²) in [5.74, 6) is 0.588. The molecule has 32 heavy (non-hydrogen) atoms. The Bertz CT molecular complexity index is 926. The van der Waals surface area contributed by atoms with Crippen molar-refractivity contribution in [1.29, 1.82) is 0 Å². The largest absolute Gasteiger partial charge is 0.489 e. The summed E-state index contributed by atoms with van der Waals surface area (Å²) in [4.78, 5) is 27.0. The first-order valence-corrected chi connectivity index (χ1v) is 11.8. The first-order chi connectivity index (χ1) is 15.4. The summed E-state index contributed by atoms with van der Waals surface area (Å²) >= 11 is 0. The number of rotatable bonds is 6. The number of piperidine rings is 1. The van der Waals surface area contributed by atoms with Crippen molar-refractivity contribution in [3.63, 3.8) is 0 Å². The maximum absolute atomic E-state index is 13.0. The molecule has 0 spiro atoms. The van der Waals surface area contributed by atoms with Gasteiger partial charge in [-0.25, -0.2) is 0 Å². The molecule has 1 unspecified atom stereocenters. The van der Waals surface area contributed by atoms with Gasteiger partial charge in [0.1, 0.15) is 17.9 Å². The lowest BCUT2D eigenvalue weighted by Crippen LogP contribution is -2.53. The second kappa shape index (κ2) is 8.52. The molecule has 5 rings (SSSR count). The third kappa shape index (κ3) is 4.16. The first-order valence-electron chi connectivity index (χ1n) is 11.8. The van der Waals surface area contributed by atoms with Crippen molar-refractivity contribution < 1.29 is 19.1 Å². The van der Waals surface area contributed by atoms with Crippen molar-refractivity contribution in [3.05, 3.63) is 41.6 Å². The van der Waals surface area contributed by atoms with Crippen LogP contribution in [0.3, 0.4) is 0 Å². The smallest absolute Gasteiger partial charge is 0.255 e. The Labute approximate surface area is 189 Å². The van der Waals surface area contributed by atoms with Crippen LogP contribution in [0.25, 0.3) is 0 Å². The summed E-state index contributed by atoms with van der Waals surface area (Å²) < 4.78 is 11.8. The molecule has 4 aliphatic rings. The Balaban J connectivity index is 1.25. The van der Waals surface area contributed by atoms with Crippen molar-refractivity contribution in [2.45, 2.75) is 70.2 Å². The number of fused-ring (bicyclic) bond motifs is 1. The van der Waals surface area contributed by atoms with Gasteiger partial charge in [-0.1, -0.05) is 19.9 Å². The molecule has 1 aliphatic carbocycles. The maximum atomic E-state index is 13.0. The fourth-order valence-corrected chi connectivity index (χ4v) is 5.28. The molecular weight excluding hydrogens is 406 g/mol. The van der Waals surface area contributed by atoms with Gasteiger partial charge in [-0.15, -0.1) is 0 Å². The Morgan fingerprint density at radius 3 is 2.81 bits per heavy atom. The van der Waals surface area contributed by atoms with Crippen LogP contribution in [0.1, 0.15) is 61.4 Å². The second-order valence-corrected chi connectivity index (χ2v) is 10.1. The van der Waals surface area contributed by atoms with Crippen LogP contribution in [-0.2, 0) is 16.1 Å². The standard InChI is InChI=1S/C25H33N3O4/c1-16-7-10-21(23(29)27-16)28-12-17-11-18(8-9-19(17)24(28)30)32-22-6-4-3-5-20(22)26-13-25(2)14-31-15-25/h8-9,11,20-22,26H,1,3-7,10,12-15H2,2H3,(H,27,29)/t20-,21?,22+/m1/s1.